The van der Waals surface area contributed by atoms with Crippen LogP contribution in [-0.2, 0) is 13.1 Å². The largest absolute Gasteiger partial charge is 0.490 e. The van der Waals surface area contributed by atoms with Gasteiger partial charge in [-0.05, 0) is 38.1 Å². The Morgan fingerprint density at radius 3 is 2.43 bits per heavy atom. The molecular formula is C17H23N2O2+. The number of benzene rings is 1. The Hall–Kier alpha value is -2.07. The minimum atomic E-state index is 0.642. The van der Waals surface area contributed by atoms with Gasteiger partial charge in [0.2, 0.25) is 0 Å². The average molecular weight is 287 g/mol. The molecule has 1 heterocycles. The normalized spacial score (nSPS) is 10.4. The van der Waals surface area contributed by atoms with Gasteiger partial charge in [-0.15, -0.1) is 0 Å². The van der Waals surface area contributed by atoms with Gasteiger partial charge >= 0.3 is 0 Å². The zero-order valence-corrected chi connectivity index (χ0v) is 12.7. The van der Waals surface area contributed by atoms with Gasteiger partial charge in [-0.3, -0.25) is 4.98 Å². The van der Waals surface area contributed by atoms with E-state index in [9.17, 15) is 0 Å². The van der Waals surface area contributed by atoms with E-state index in [-0.39, 0.29) is 0 Å². The molecule has 2 aromatic rings. The molecule has 2 rings (SSSR count). The van der Waals surface area contributed by atoms with Gasteiger partial charge in [-0.2, -0.15) is 0 Å². The Morgan fingerprint density at radius 2 is 1.71 bits per heavy atom. The predicted octanol–water partition coefficient (Wildman–Crippen LogP) is 2.14. The summed E-state index contributed by atoms with van der Waals surface area (Å²) in [6.07, 6.45) is 3.70. The van der Waals surface area contributed by atoms with Crippen molar-refractivity contribution < 1.29 is 14.8 Å². The van der Waals surface area contributed by atoms with Crippen molar-refractivity contribution in [2.24, 2.45) is 0 Å². The lowest BCUT2D eigenvalue weighted by atomic mass is 10.2. The van der Waals surface area contributed by atoms with E-state index in [1.165, 1.54) is 11.1 Å². The third-order valence-corrected chi connectivity index (χ3v) is 3.09. The maximum absolute atomic E-state index is 5.65. The lowest BCUT2D eigenvalue weighted by Gasteiger charge is -2.12. The first-order valence-corrected chi connectivity index (χ1v) is 7.42. The van der Waals surface area contributed by atoms with Gasteiger partial charge in [0.1, 0.15) is 13.1 Å². The molecule has 4 heteroatoms. The van der Waals surface area contributed by atoms with E-state index >= 15 is 0 Å². The van der Waals surface area contributed by atoms with Crippen molar-refractivity contribution in [3.05, 3.63) is 53.9 Å². The first kappa shape index (κ1) is 15.3. The minimum absolute atomic E-state index is 0.642. The Morgan fingerprint density at radius 1 is 0.952 bits per heavy atom. The molecule has 4 nitrogen and oxygen atoms in total. The van der Waals surface area contributed by atoms with Crippen LogP contribution in [0.3, 0.4) is 0 Å². The summed E-state index contributed by atoms with van der Waals surface area (Å²) in [7, 11) is 0. The molecule has 0 bridgehead atoms. The molecule has 0 aliphatic heterocycles. The molecule has 0 fully saturated rings. The maximum atomic E-state index is 5.65. The van der Waals surface area contributed by atoms with Crippen LogP contribution in [0, 0.1) is 0 Å². The van der Waals surface area contributed by atoms with Crippen molar-refractivity contribution in [2.75, 3.05) is 13.2 Å². The van der Waals surface area contributed by atoms with Crippen molar-refractivity contribution in [1.82, 2.24) is 4.98 Å². The topological polar surface area (TPSA) is 48.0 Å². The molecule has 0 atom stereocenters. The van der Waals surface area contributed by atoms with Crippen LogP contribution in [0.25, 0.3) is 0 Å². The molecule has 2 N–H and O–H groups in total. The summed E-state index contributed by atoms with van der Waals surface area (Å²) in [5.41, 5.74) is 2.46. The summed E-state index contributed by atoms with van der Waals surface area (Å²) in [4.78, 5) is 4.12. The number of aromatic nitrogens is 1. The monoisotopic (exact) mass is 287 g/mol. The van der Waals surface area contributed by atoms with E-state index in [0.29, 0.717) is 13.2 Å². The van der Waals surface area contributed by atoms with Gasteiger partial charge in [0.25, 0.3) is 0 Å². The molecule has 0 spiro atoms. The van der Waals surface area contributed by atoms with Gasteiger partial charge in [-0.1, -0.05) is 6.07 Å². The van der Waals surface area contributed by atoms with Crippen LogP contribution in [-0.4, -0.2) is 18.2 Å². The molecule has 1 aromatic heterocycles. The lowest BCUT2D eigenvalue weighted by molar-refractivity contribution is -0.686. The first-order valence-electron chi connectivity index (χ1n) is 7.42. The van der Waals surface area contributed by atoms with E-state index in [1.807, 2.05) is 32.2 Å². The first-order chi connectivity index (χ1) is 10.3. The Kier molecular flexibility index (Phi) is 6.03. The third kappa shape index (κ3) is 4.76. The van der Waals surface area contributed by atoms with E-state index in [2.05, 4.69) is 28.5 Å². The van der Waals surface area contributed by atoms with Crippen LogP contribution in [0.4, 0.5) is 0 Å². The summed E-state index contributed by atoms with van der Waals surface area (Å²) in [6, 6.07) is 10.2. The van der Waals surface area contributed by atoms with Crippen molar-refractivity contribution >= 4 is 0 Å². The number of nitrogens with zero attached hydrogens (tertiary/aromatic N) is 1. The molecule has 0 aliphatic carbocycles. The molecule has 0 amide bonds. The van der Waals surface area contributed by atoms with Crippen LogP contribution in [0.1, 0.15) is 25.0 Å². The van der Waals surface area contributed by atoms with Crippen LogP contribution >= 0.6 is 0 Å². The molecule has 112 valence electrons. The van der Waals surface area contributed by atoms with Crippen molar-refractivity contribution in [3.63, 3.8) is 0 Å². The Bertz CT molecular complexity index is 544. The van der Waals surface area contributed by atoms with Gasteiger partial charge < -0.3 is 14.8 Å². The number of ether oxygens (including phenoxy) is 2. The number of pyridine rings is 1. The number of hydrogen-bond acceptors (Lipinski definition) is 3. The molecule has 0 radical (unpaired) electrons. The summed E-state index contributed by atoms with van der Waals surface area (Å²) in [5.74, 6) is 1.64. The fourth-order valence-corrected chi connectivity index (χ4v) is 2.15. The van der Waals surface area contributed by atoms with Crippen LogP contribution in [0.2, 0.25) is 0 Å². The Labute approximate surface area is 126 Å². The molecule has 0 aliphatic rings. The second-order valence-corrected chi connectivity index (χ2v) is 4.71. The molecule has 1 aromatic carbocycles. The zero-order valence-electron chi connectivity index (χ0n) is 12.7. The van der Waals surface area contributed by atoms with E-state index in [1.54, 1.807) is 6.20 Å². The number of nitrogens with two attached hydrogens (primary N) is 1. The van der Waals surface area contributed by atoms with Gasteiger partial charge in [0, 0.05) is 23.5 Å². The fraction of sp³-hybridized carbons (Fsp3) is 0.353. The van der Waals surface area contributed by atoms with E-state index < -0.39 is 0 Å². The number of rotatable bonds is 8. The molecular weight excluding hydrogens is 264 g/mol. The predicted molar refractivity (Wildman–Crippen MR) is 82.4 cm³/mol. The van der Waals surface area contributed by atoms with E-state index in [0.717, 1.165) is 24.6 Å². The quantitative estimate of drug-likeness (QED) is 0.809. The fourth-order valence-electron chi connectivity index (χ4n) is 2.15. The molecule has 21 heavy (non-hydrogen) atoms. The van der Waals surface area contributed by atoms with Gasteiger partial charge in [0.05, 0.1) is 13.2 Å². The zero-order chi connectivity index (χ0) is 14.9. The highest BCUT2D eigenvalue weighted by Crippen LogP contribution is 2.28. The van der Waals surface area contributed by atoms with Crippen molar-refractivity contribution in [3.8, 4) is 11.5 Å². The maximum Gasteiger partial charge on any atom is 0.161 e. The molecule has 0 saturated heterocycles. The number of hydrogen-bond donors (Lipinski definition) is 1. The lowest BCUT2D eigenvalue weighted by Crippen LogP contribution is -2.80. The average Bonchev–Trinajstić information content (AvgIpc) is 2.51. The standard InChI is InChI=1S/C17H22N2O2/c1-3-20-16-8-7-14(10-17(16)21-4-2)11-19-13-15-6-5-9-18-12-15/h5-10,12,19H,3-4,11,13H2,1-2H3/p+1. The number of quaternary nitrogens is 1. The summed E-state index contributed by atoms with van der Waals surface area (Å²) in [6.45, 7) is 7.07. The minimum Gasteiger partial charge on any atom is -0.490 e. The Balaban J connectivity index is 1.95. The molecule has 0 unspecified atom stereocenters. The van der Waals surface area contributed by atoms with Crippen LogP contribution in [0.5, 0.6) is 11.5 Å². The molecule has 0 saturated carbocycles. The van der Waals surface area contributed by atoms with Gasteiger partial charge in [0.15, 0.2) is 11.5 Å². The summed E-state index contributed by atoms with van der Waals surface area (Å²) in [5, 5.41) is 2.25. The second kappa shape index (κ2) is 8.27. The van der Waals surface area contributed by atoms with Gasteiger partial charge in [-0.25, -0.2) is 0 Å². The SMILES string of the molecule is CCOc1ccc(C[NH2+]Cc2cccnc2)cc1OCC. The summed E-state index contributed by atoms with van der Waals surface area (Å²) >= 11 is 0. The third-order valence-electron chi connectivity index (χ3n) is 3.09. The highest BCUT2D eigenvalue weighted by molar-refractivity contribution is 5.42. The smallest absolute Gasteiger partial charge is 0.161 e. The van der Waals surface area contributed by atoms with Crippen LogP contribution < -0.4 is 14.8 Å². The van der Waals surface area contributed by atoms with Crippen LogP contribution in [0.15, 0.2) is 42.7 Å². The second-order valence-electron chi connectivity index (χ2n) is 4.71. The highest BCUT2D eigenvalue weighted by atomic mass is 16.5. The van der Waals surface area contributed by atoms with Crippen molar-refractivity contribution in [2.45, 2.75) is 26.9 Å². The summed E-state index contributed by atoms with van der Waals surface area (Å²) < 4.78 is 11.2. The van der Waals surface area contributed by atoms with Crippen molar-refractivity contribution in [1.29, 1.82) is 0 Å². The highest BCUT2D eigenvalue weighted by Gasteiger charge is 2.07. The van der Waals surface area contributed by atoms with E-state index in [4.69, 9.17) is 9.47 Å².